The Kier molecular flexibility index (Phi) is 4.86. The number of pyridine rings is 1. The van der Waals surface area contributed by atoms with Crippen LogP contribution in [0.2, 0.25) is 5.02 Å². The number of aromatic amines is 1. The van der Waals surface area contributed by atoms with Gasteiger partial charge >= 0.3 is 16.6 Å². The van der Waals surface area contributed by atoms with Crippen LogP contribution in [0.4, 0.5) is 13.2 Å². The largest absolute Gasteiger partial charge is 0.448 e. The van der Waals surface area contributed by atoms with Gasteiger partial charge in [-0.05, 0) is 19.1 Å². The zero-order valence-electron chi connectivity index (χ0n) is 12.5. The molecule has 1 N–H and O–H groups in total. The van der Waals surface area contributed by atoms with Gasteiger partial charge in [-0.25, -0.2) is 4.18 Å². The monoisotopic (exact) mass is 399 g/mol. The Hall–Kier alpha value is -2.11. The van der Waals surface area contributed by atoms with Gasteiger partial charge in [0.25, 0.3) is 5.56 Å². The van der Waals surface area contributed by atoms with Crippen molar-refractivity contribution in [3.63, 3.8) is 0 Å². The van der Waals surface area contributed by atoms with Crippen molar-refractivity contribution >= 4 is 38.7 Å². The Morgan fingerprint density at radius 3 is 2.36 bits per heavy atom. The molecule has 0 unspecified atom stereocenters. The highest BCUT2D eigenvalue weighted by molar-refractivity contribution is 7.82. The molecule has 25 heavy (non-hydrogen) atoms. The Bertz CT molecular complexity index is 1030. The summed E-state index contributed by atoms with van der Waals surface area (Å²) in [6.45, 7) is 0.915. The molecule has 0 bridgehead atoms. The summed E-state index contributed by atoms with van der Waals surface area (Å²) < 4.78 is 71.3. The summed E-state index contributed by atoms with van der Waals surface area (Å²) >= 11 is 5.67. The second-order valence-corrected chi connectivity index (χ2v) is 6.50. The van der Waals surface area contributed by atoms with Gasteiger partial charge in [0.1, 0.15) is 5.56 Å². The highest BCUT2D eigenvalue weighted by atomic mass is 35.5. The number of H-pyrrole nitrogens is 1. The first-order valence-electron chi connectivity index (χ1n) is 6.35. The minimum atomic E-state index is -4.92. The van der Waals surface area contributed by atoms with Gasteiger partial charge < -0.3 is 9.17 Å². The van der Waals surface area contributed by atoms with E-state index in [4.69, 9.17) is 11.6 Å². The Balaban J connectivity index is 3.05. The lowest BCUT2D eigenvalue weighted by atomic mass is 10.0. The highest BCUT2D eigenvalue weighted by Crippen LogP contribution is 2.39. The van der Waals surface area contributed by atoms with E-state index in [0.717, 1.165) is 20.1 Å². The molecule has 1 heterocycles. The van der Waals surface area contributed by atoms with Crippen molar-refractivity contribution in [2.75, 3.05) is 7.11 Å². The number of fused-ring (bicyclic) bond motifs is 1. The zero-order valence-corrected chi connectivity index (χ0v) is 14.1. The van der Waals surface area contributed by atoms with E-state index in [1.807, 2.05) is 4.98 Å². The molecule has 0 saturated carbocycles. The van der Waals surface area contributed by atoms with Gasteiger partial charge in [0.15, 0.2) is 11.5 Å². The van der Waals surface area contributed by atoms with E-state index in [2.05, 4.69) is 8.37 Å². The number of rotatable bonds is 4. The third-order valence-electron chi connectivity index (χ3n) is 3.09. The Morgan fingerprint density at radius 2 is 1.88 bits per heavy atom. The smallest absolute Gasteiger partial charge is 0.360 e. The fourth-order valence-corrected chi connectivity index (χ4v) is 2.76. The number of hydrogen-bond donors (Lipinski definition) is 1. The normalized spacial score (nSPS) is 12.4. The molecule has 0 spiro atoms. The van der Waals surface area contributed by atoms with E-state index in [-0.39, 0.29) is 0 Å². The Labute approximate surface area is 143 Å². The van der Waals surface area contributed by atoms with E-state index < -0.39 is 60.7 Å². The first kappa shape index (κ1) is 19.2. The summed E-state index contributed by atoms with van der Waals surface area (Å²) in [5.41, 5.74) is -4.16. The SMILES string of the molecule is COS(=O)(=O)Oc1c(C(C)=O)c(=O)[nH]c2c(C(F)(F)F)cc(Cl)cc12. The minimum absolute atomic E-state index is 0.416. The molecule has 0 aliphatic carbocycles. The van der Waals surface area contributed by atoms with Gasteiger partial charge in [0, 0.05) is 10.4 Å². The lowest BCUT2D eigenvalue weighted by Gasteiger charge is -2.15. The van der Waals surface area contributed by atoms with Crippen LogP contribution in [0.15, 0.2) is 16.9 Å². The molecule has 0 aliphatic rings. The lowest BCUT2D eigenvalue weighted by molar-refractivity contribution is -0.136. The molecule has 136 valence electrons. The van der Waals surface area contributed by atoms with Gasteiger partial charge in [0.05, 0.1) is 18.2 Å². The number of nitrogens with one attached hydrogen (secondary N) is 1. The summed E-state index contributed by atoms with van der Waals surface area (Å²) in [7, 11) is -4.00. The van der Waals surface area contributed by atoms with Gasteiger partial charge in [-0.3, -0.25) is 9.59 Å². The van der Waals surface area contributed by atoms with Crippen LogP contribution in [-0.4, -0.2) is 26.3 Å². The molecule has 7 nitrogen and oxygen atoms in total. The van der Waals surface area contributed by atoms with Crippen molar-refractivity contribution in [2.45, 2.75) is 13.1 Å². The van der Waals surface area contributed by atoms with Crippen molar-refractivity contribution < 1.29 is 34.7 Å². The van der Waals surface area contributed by atoms with E-state index in [0.29, 0.717) is 6.07 Å². The van der Waals surface area contributed by atoms with Crippen molar-refractivity contribution in [3.8, 4) is 5.75 Å². The number of alkyl halides is 3. The molecule has 0 atom stereocenters. The van der Waals surface area contributed by atoms with Crippen LogP contribution in [-0.2, 0) is 20.8 Å². The average molecular weight is 400 g/mol. The molecule has 0 aliphatic heterocycles. The maximum Gasteiger partial charge on any atom is 0.448 e. The van der Waals surface area contributed by atoms with Crippen LogP contribution in [0.1, 0.15) is 22.8 Å². The molecule has 12 heteroatoms. The predicted molar refractivity (Wildman–Crippen MR) is 81.1 cm³/mol. The predicted octanol–water partition coefficient (Wildman–Crippen LogP) is 2.67. The van der Waals surface area contributed by atoms with Crippen LogP contribution >= 0.6 is 11.6 Å². The van der Waals surface area contributed by atoms with Gasteiger partial charge in [-0.15, -0.1) is 0 Å². The van der Waals surface area contributed by atoms with Crippen LogP contribution in [0.25, 0.3) is 10.9 Å². The van der Waals surface area contributed by atoms with E-state index >= 15 is 0 Å². The van der Waals surface area contributed by atoms with Crippen LogP contribution in [0.5, 0.6) is 5.75 Å². The summed E-state index contributed by atoms with van der Waals surface area (Å²) in [5.74, 6) is -1.83. The third kappa shape index (κ3) is 3.78. The summed E-state index contributed by atoms with van der Waals surface area (Å²) in [4.78, 5) is 25.6. The van der Waals surface area contributed by atoms with Crippen molar-refractivity contribution in [2.24, 2.45) is 0 Å². The molecule has 1 aromatic carbocycles. The zero-order chi connectivity index (χ0) is 19.2. The van der Waals surface area contributed by atoms with E-state index in [9.17, 15) is 31.2 Å². The van der Waals surface area contributed by atoms with E-state index in [1.165, 1.54) is 0 Å². The van der Waals surface area contributed by atoms with Gasteiger partial charge in [0.2, 0.25) is 0 Å². The highest BCUT2D eigenvalue weighted by Gasteiger charge is 2.35. The summed E-state index contributed by atoms with van der Waals surface area (Å²) in [6, 6.07) is 1.47. The number of hydrogen-bond acceptors (Lipinski definition) is 6. The first-order chi connectivity index (χ1) is 11.4. The molecule has 0 amide bonds. The molecular formula is C13H9ClF3NO6S. The van der Waals surface area contributed by atoms with Crippen LogP contribution in [0, 0.1) is 0 Å². The van der Waals surface area contributed by atoms with Crippen molar-refractivity contribution in [1.82, 2.24) is 4.98 Å². The maximum absolute atomic E-state index is 13.2. The van der Waals surface area contributed by atoms with Gasteiger partial charge in [-0.1, -0.05) is 11.6 Å². The van der Waals surface area contributed by atoms with Crippen molar-refractivity contribution in [3.05, 3.63) is 38.6 Å². The van der Waals surface area contributed by atoms with Crippen LogP contribution in [0.3, 0.4) is 0 Å². The lowest BCUT2D eigenvalue weighted by Crippen LogP contribution is -2.22. The summed E-state index contributed by atoms with van der Waals surface area (Å²) in [5, 5.41) is -0.939. The van der Waals surface area contributed by atoms with E-state index in [1.54, 1.807) is 0 Å². The summed E-state index contributed by atoms with van der Waals surface area (Å²) in [6.07, 6.45) is -4.92. The molecule has 0 radical (unpaired) electrons. The van der Waals surface area contributed by atoms with Crippen LogP contribution < -0.4 is 9.74 Å². The third-order valence-corrected chi connectivity index (χ3v) is 4.08. The molecule has 2 rings (SSSR count). The topological polar surface area (TPSA) is 103 Å². The number of carbonyl (C=O) groups excluding carboxylic acids is 1. The maximum atomic E-state index is 13.2. The molecule has 1 aromatic heterocycles. The average Bonchev–Trinajstić information content (AvgIpc) is 2.45. The fourth-order valence-electron chi connectivity index (χ4n) is 2.10. The number of halogens is 4. The standard InChI is InChI=1S/C13H9ClF3NO6S/c1-5(19)9-11(24-25(21,22)23-2)7-3-6(14)4-8(13(15,16)17)10(7)18-12(9)20/h3-4H,1-2H3,(H,18,20). The molecular weight excluding hydrogens is 391 g/mol. The Morgan fingerprint density at radius 1 is 1.28 bits per heavy atom. The minimum Gasteiger partial charge on any atom is -0.360 e. The number of ketones is 1. The fraction of sp³-hybridized carbons (Fsp3) is 0.231. The first-order valence-corrected chi connectivity index (χ1v) is 8.06. The van der Waals surface area contributed by atoms with Gasteiger partial charge in [-0.2, -0.15) is 21.6 Å². The quantitative estimate of drug-likeness (QED) is 0.793. The number of benzene rings is 1. The number of Topliss-reactive ketones (excluding diaryl/α,β-unsaturated/α-hetero) is 1. The second-order valence-electron chi connectivity index (χ2n) is 4.75. The second kappa shape index (κ2) is 6.32. The molecule has 0 fully saturated rings. The molecule has 2 aromatic rings. The number of carbonyl (C=O) groups is 1. The van der Waals surface area contributed by atoms with Crippen molar-refractivity contribution in [1.29, 1.82) is 0 Å². The number of aromatic nitrogens is 1. The molecule has 0 saturated heterocycles.